The lowest BCUT2D eigenvalue weighted by atomic mass is 10.0. The molecule has 0 bridgehead atoms. The van der Waals surface area contributed by atoms with E-state index in [1.165, 1.54) is 58.4 Å². The number of nitrogens with one attached hydrogen (secondary N) is 1. The van der Waals surface area contributed by atoms with Gasteiger partial charge in [-0.1, -0.05) is 49.9 Å². The van der Waals surface area contributed by atoms with Gasteiger partial charge in [0.1, 0.15) is 17.9 Å². The highest BCUT2D eigenvalue weighted by atomic mass is 32.2. The van der Waals surface area contributed by atoms with Crippen molar-refractivity contribution in [1.29, 1.82) is 0 Å². The second kappa shape index (κ2) is 13.2. The molecule has 0 atom stereocenters. The Balaban J connectivity index is 1.28. The molecule has 4 aromatic rings. The number of ether oxygens (including phenoxy) is 1. The molecule has 5 rings (SSSR count). The summed E-state index contributed by atoms with van der Waals surface area (Å²) in [6.45, 7) is 7.36. The van der Waals surface area contributed by atoms with Gasteiger partial charge >= 0.3 is 12.4 Å². The smallest absolute Gasteiger partial charge is 0.406 e. The normalized spacial score (nSPS) is 15.0. The van der Waals surface area contributed by atoms with Gasteiger partial charge in [-0.05, 0) is 78.9 Å². The summed E-state index contributed by atoms with van der Waals surface area (Å²) in [6, 6.07) is 16.1. The predicted molar refractivity (Wildman–Crippen MR) is 168 cm³/mol. The van der Waals surface area contributed by atoms with E-state index < -0.39 is 18.2 Å². The quantitative estimate of drug-likeness (QED) is 0.206. The molecule has 1 N–H and O–H groups in total. The van der Waals surface area contributed by atoms with Gasteiger partial charge in [-0.2, -0.15) is 4.99 Å². The standard InChI is InChI=1S/C32H28F4N6O3S/c1-18(2)26-15-23(33)9-14-27(26)42-28(43)16-46-31(42)39-30(44)38-20(4)19(3)21-5-7-22(8-6-21)29-37-17-41(40-29)24-10-12-25(13-11-24)45-32(34,35)36/h5-15,17-18H,16H2,1-4H3,(H,38,44)/b20-19+,39-31-. The summed E-state index contributed by atoms with van der Waals surface area (Å²) in [5.74, 6) is -0.551. The van der Waals surface area contributed by atoms with Crippen molar-refractivity contribution in [3.8, 4) is 22.8 Å². The van der Waals surface area contributed by atoms with Crippen LogP contribution >= 0.6 is 11.8 Å². The van der Waals surface area contributed by atoms with Crippen LogP contribution < -0.4 is 15.0 Å². The minimum atomic E-state index is -4.78. The number of anilines is 1. The van der Waals surface area contributed by atoms with Crippen LogP contribution in [0.3, 0.4) is 0 Å². The number of halogens is 4. The molecule has 9 nitrogen and oxygen atoms in total. The number of carbonyl (C=O) groups excluding carboxylic acids is 2. The number of aliphatic imine (C=N–C) groups is 1. The van der Waals surface area contributed by atoms with Crippen LogP contribution in [0.25, 0.3) is 22.6 Å². The summed E-state index contributed by atoms with van der Waals surface area (Å²) < 4.78 is 56.6. The molecule has 1 fully saturated rings. The van der Waals surface area contributed by atoms with Gasteiger partial charge in [-0.3, -0.25) is 9.69 Å². The Hall–Kier alpha value is -4.98. The fourth-order valence-electron chi connectivity index (χ4n) is 4.65. The maximum atomic E-state index is 13.9. The van der Waals surface area contributed by atoms with Gasteiger partial charge in [0.15, 0.2) is 11.0 Å². The summed E-state index contributed by atoms with van der Waals surface area (Å²) >= 11 is 1.14. The lowest BCUT2D eigenvalue weighted by Gasteiger charge is -2.21. The van der Waals surface area contributed by atoms with E-state index in [2.05, 4.69) is 25.1 Å². The van der Waals surface area contributed by atoms with Crippen LogP contribution in [0.2, 0.25) is 0 Å². The van der Waals surface area contributed by atoms with Gasteiger partial charge in [0.05, 0.1) is 17.1 Å². The average molecular weight is 653 g/mol. The molecule has 0 saturated carbocycles. The summed E-state index contributed by atoms with van der Waals surface area (Å²) in [7, 11) is 0. The van der Waals surface area contributed by atoms with Gasteiger partial charge in [-0.25, -0.2) is 18.9 Å². The van der Waals surface area contributed by atoms with Crippen LogP contribution in [-0.2, 0) is 4.79 Å². The number of benzene rings is 3. The fraction of sp³-hybridized carbons (Fsp3) is 0.219. The Kier molecular flexibility index (Phi) is 9.28. The third kappa shape index (κ3) is 7.45. The van der Waals surface area contributed by atoms with Crippen molar-refractivity contribution >= 4 is 40.1 Å². The Morgan fingerprint density at radius 1 is 1.04 bits per heavy atom. The predicted octanol–water partition coefficient (Wildman–Crippen LogP) is 7.69. The first-order chi connectivity index (χ1) is 21.8. The highest BCUT2D eigenvalue weighted by molar-refractivity contribution is 8.15. The van der Waals surface area contributed by atoms with Crippen molar-refractivity contribution < 1.29 is 31.9 Å². The number of carbonyl (C=O) groups is 2. The number of hydrogen-bond donors (Lipinski definition) is 1. The number of aromatic nitrogens is 3. The minimum absolute atomic E-state index is 0.0626. The van der Waals surface area contributed by atoms with Crippen molar-refractivity contribution in [3.63, 3.8) is 0 Å². The molecule has 46 heavy (non-hydrogen) atoms. The number of rotatable bonds is 7. The number of alkyl halides is 3. The maximum Gasteiger partial charge on any atom is 0.573 e. The largest absolute Gasteiger partial charge is 0.573 e. The summed E-state index contributed by atoms with van der Waals surface area (Å²) in [5.41, 5.74) is 4.46. The average Bonchev–Trinajstić information content (AvgIpc) is 3.63. The number of hydrogen-bond acceptors (Lipinski definition) is 6. The van der Waals surface area contributed by atoms with Crippen LogP contribution in [0.1, 0.15) is 44.7 Å². The van der Waals surface area contributed by atoms with Gasteiger partial charge < -0.3 is 10.1 Å². The third-order valence-corrected chi connectivity index (χ3v) is 8.00. The van der Waals surface area contributed by atoms with E-state index >= 15 is 0 Å². The van der Waals surface area contributed by atoms with Crippen molar-refractivity contribution in [1.82, 2.24) is 20.1 Å². The molecule has 0 aliphatic carbocycles. The van der Waals surface area contributed by atoms with E-state index in [0.29, 0.717) is 34.0 Å². The lowest BCUT2D eigenvalue weighted by Crippen LogP contribution is -2.32. The zero-order chi connectivity index (χ0) is 33.2. The van der Waals surface area contributed by atoms with Crippen LogP contribution in [0.5, 0.6) is 5.75 Å². The molecular weight excluding hydrogens is 624 g/mol. The molecule has 238 valence electrons. The first kappa shape index (κ1) is 32.4. The minimum Gasteiger partial charge on any atom is -0.406 e. The molecule has 1 aliphatic heterocycles. The highest BCUT2D eigenvalue weighted by Gasteiger charge is 2.33. The van der Waals surface area contributed by atoms with Crippen LogP contribution in [0, 0.1) is 5.82 Å². The summed E-state index contributed by atoms with van der Waals surface area (Å²) in [5, 5.41) is 7.39. The van der Waals surface area contributed by atoms with Crippen molar-refractivity contribution in [2.45, 2.75) is 40.0 Å². The fourth-order valence-corrected chi connectivity index (χ4v) is 5.51. The number of urea groups is 1. The Morgan fingerprint density at radius 2 is 1.74 bits per heavy atom. The SMILES string of the molecule is C/C(NC(=O)/N=C1\SCC(=O)N1c1ccc(F)cc1C(C)C)=C(/C)c1ccc(-c2ncn(-c3ccc(OC(F)(F)F)cc3)n2)cc1. The van der Waals surface area contributed by atoms with Gasteiger partial charge in [0.2, 0.25) is 5.91 Å². The zero-order valence-electron chi connectivity index (χ0n) is 25.1. The zero-order valence-corrected chi connectivity index (χ0v) is 25.9. The van der Waals surface area contributed by atoms with Gasteiger partial charge in [0.25, 0.3) is 0 Å². The number of allylic oxidation sites excluding steroid dienone is 2. The van der Waals surface area contributed by atoms with E-state index in [-0.39, 0.29) is 28.5 Å². The van der Waals surface area contributed by atoms with E-state index in [1.807, 2.05) is 45.0 Å². The molecule has 2 heterocycles. The molecule has 0 radical (unpaired) electrons. The Labute approximate surface area is 266 Å². The van der Waals surface area contributed by atoms with Crippen LogP contribution in [0.15, 0.2) is 83.7 Å². The molecule has 3 amide bonds. The van der Waals surface area contributed by atoms with E-state index in [9.17, 15) is 27.2 Å². The second-order valence-corrected chi connectivity index (χ2v) is 11.5. The number of thioether (sulfide) groups is 1. The molecular formula is C32H28F4N6O3S. The maximum absolute atomic E-state index is 13.9. The first-order valence-electron chi connectivity index (χ1n) is 14.0. The van der Waals surface area contributed by atoms with Gasteiger partial charge in [0, 0.05) is 11.3 Å². The molecule has 14 heteroatoms. The molecule has 1 aliphatic rings. The first-order valence-corrected chi connectivity index (χ1v) is 15.0. The molecule has 1 saturated heterocycles. The van der Waals surface area contributed by atoms with Gasteiger partial charge in [-0.15, -0.1) is 18.3 Å². The third-order valence-electron chi connectivity index (χ3n) is 7.07. The Bertz CT molecular complexity index is 1830. The topological polar surface area (TPSA) is 102 Å². The van der Waals surface area contributed by atoms with Crippen LogP contribution in [-0.4, -0.2) is 44.0 Å². The molecule has 0 unspecified atom stereocenters. The lowest BCUT2D eigenvalue weighted by molar-refractivity contribution is -0.274. The second-order valence-electron chi connectivity index (χ2n) is 10.6. The number of amides is 3. The number of nitrogens with zero attached hydrogens (tertiary/aromatic N) is 5. The summed E-state index contributed by atoms with van der Waals surface area (Å²) in [6.07, 6.45) is -3.32. The van der Waals surface area contributed by atoms with E-state index in [1.54, 1.807) is 6.92 Å². The summed E-state index contributed by atoms with van der Waals surface area (Å²) in [4.78, 5) is 35.5. The van der Waals surface area contributed by atoms with E-state index in [4.69, 9.17) is 0 Å². The van der Waals surface area contributed by atoms with E-state index in [0.717, 1.165) is 22.9 Å². The van der Waals surface area contributed by atoms with Crippen molar-refractivity contribution in [2.75, 3.05) is 10.7 Å². The van der Waals surface area contributed by atoms with Crippen LogP contribution in [0.4, 0.5) is 28.0 Å². The molecule has 3 aromatic carbocycles. The van der Waals surface area contributed by atoms with Crippen molar-refractivity contribution in [3.05, 3.63) is 95.7 Å². The number of amidine groups is 1. The monoisotopic (exact) mass is 652 g/mol. The van der Waals surface area contributed by atoms with Crippen molar-refractivity contribution in [2.24, 2.45) is 4.99 Å². The highest BCUT2D eigenvalue weighted by Crippen LogP contribution is 2.34. The Morgan fingerprint density at radius 3 is 2.39 bits per heavy atom. The molecule has 0 spiro atoms. The molecule has 1 aromatic heterocycles.